The monoisotopic (exact) mass is 370 g/mol. The smallest absolute Gasteiger partial charge is 0.383 e. The van der Waals surface area contributed by atoms with Gasteiger partial charge in [-0.1, -0.05) is 18.7 Å². The number of halogens is 4. The van der Waals surface area contributed by atoms with Gasteiger partial charge in [0.25, 0.3) is 0 Å². The quantitative estimate of drug-likeness (QED) is 0.645. The van der Waals surface area contributed by atoms with Gasteiger partial charge in [0, 0.05) is 27.4 Å². The minimum atomic E-state index is -4.52. The first kappa shape index (κ1) is 16.2. The number of nitrogens with zero attached hydrogens (tertiary/aromatic N) is 1. The summed E-state index contributed by atoms with van der Waals surface area (Å²) in [5.74, 6) is -0.564. The van der Waals surface area contributed by atoms with Gasteiger partial charge in [-0.15, -0.1) is 0 Å². The molecule has 0 aliphatic carbocycles. The third kappa shape index (κ3) is 3.36. The number of nitrogen functional groups attached to an aromatic ring is 1. The Morgan fingerprint density at radius 2 is 1.95 bits per heavy atom. The molecule has 0 saturated heterocycles. The molecule has 0 aliphatic heterocycles. The number of nitrogens with two attached hydrogens (primary N) is 1. The molecule has 3 nitrogen and oxygen atoms in total. The van der Waals surface area contributed by atoms with Gasteiger partial charge in [-0.2, -0.15) is 13.2 Å². The number of pyridine rings is 1. The van der Waals surface area contributed by atoms with Crippen LogP contribution in [-0.2, 0) is 6.18 Å². The van der Waals surface area contributed by atoms with Gasteiger partial charge in [-0.25, -0.2) is 4.98 Å². The highest BCUT2D eigenvalue weighted by molar-refractivity contribution is 9.10. The van der Waals surface area contributed by atoms with Crippen LogP contribution < -0.4 is 5.73 Å². The second kappa shape index (κ2) is 5.92. The van der Waals surface area contributed by atoms with E-state index in [0.717, 1.165) is 12.1 Å². The van der Waals surface area contributed by atoms with E-state index in [1.54, 1.807) is 0 Å². The van der Waals surface area contributed by atoms with Crippen molar-refractivity contribution in [1.29, 1.82) is 0 Å². The van der Waals surface area contributed by atoms with Gasteiger partial charge in [0.05, 0.1) is 5.56 Å². The number of allylic oxidation sites excluding steroid dienone is 1. The topological polar surface area (TPSA) is 56.0 Å². The predicted octanol–water partition coefficient (Wildman–Crippen LogP) is 4.34. The summed E-state index contributed by atoms with van der Waals surface area (Å²) in [6, 6.07) is 5.69. The van der Waals surface area contributed by atoms with Gasteiger partial charge in [-0.05, 0) is 34.1 Å². The van der Waals surface area contributed by atoms with Crippen molar-refractivity contribution in [3.8, 4) is 0 Å². The van der Waals surface area contributed by atoms with Crippen molar-refractivity contribution in [1.82, 2.24) is 4.98 Å². The lowest BCUT2D eigenvalue weighted by molar-refractivity contribution is -0.137. The Bertz CT molecular complexity index is 757. The van der Waals surface area contributed by atoms with Crippen LogP contribution in [0.4, 0.5) is 19.0 Å². The van der Waals surface area contributed by atoms with Gasteiger partial charge in [0.2, 0.25) is 0 Å². The second-order valence-corrected chi connectivity index (χ2v) is 5.39. The summed E-state index contributed by atoms with van der Waals surface area (Å²) >= 11 is 3.19. The molecule has 0 aliphatic rings. The van der Waals surface area contributed by atoms with Gasteiger partial charge in [0.15, 0.2) is 5.78 Å². The molecule has 1 aromatic heterocycles. The first-order valence-electron chi connectivity index (χ1n) is 6.02. The van der Waals surface area contributed by atoms with Crippen LogP contribution in [0.1, 0.15) is 21.5 Å². The number of Topliss-reactive ketones (excluding diaryl/α,β-unsaturated/α-hetero) is 1. The van der Waals surface area contributed by atoms with E-state index >= 15 is 0 Å². The molecule has 2 aromatic rings. The van der Waals surface area contributed by atoms with Crippen molar-refractivity contribution in [3.63, 3.8) is 0 Å². The molecule has 114 valence electrons. The molecule has 0 radical (unpaired) electrons. The van der Waals surface area contributed by atoms with E-state index in [-0.39, 0.29) is 22.5 Å². The molecule has 1 heterocycles. The maximum atomic E-state index is 12.7. The fraction of sp³-hybridized carbons (Fsp3) is 0.0667. The van der Waals surface area contributed by atoms with E-state index in [2.05, 4.69) is 27.5 Å². The average Bonchev–Trinajstić information content (AvgIpc) is 2.47. The number of benzene rings is 1. The van der Waals surface area contributed by atoms with Crippen LogP contribution in [0.25, 0.3) is 5.57 Å². The number of anilines is 1. The summed E-state index contributed by atoms with van der Waals surface area (Å²) in [6.07, 6.45) is -3.07. The number of hydrogen-bond acceptors (Lipinski definition) is 3. The molecule has 0 atom stereocenters. The average molecular weight is 371 g/mol. The maximum absolute atomic E-state index is 12.7. The van der Waals surface area contributed by atoms with Crippen molar-refractivity contribution in [3.05, 3.63) is 64.3 Å². The van der Waals surface area contributed by atoms with Gasteiger partial charge < -0.3 is 5.73 Å². The Balaban J connectivity index is 2.40. The molecule has 7 heteroatoms. The third-order valence-corrected chi connectivity index (χ3v) is 3.37. The number of carbonyl (C=O) groups is 1. The highest BCUT2D eigenvalue weighted by Crippen LogP contribution is 2.31. The van der Waals surface area contributed by atoms with Crippen molar-refractivity contribution >= 4 is 33.1 Å². The first-order valence-corrected chi connectivity index (χ1v) is 6.81. The third-order valence-electron chi connectivity index (χ3n) is 2.94. The standard InChI is InChI=1S/C15H10BrF3N2O/c1-8(12-6-11(16)7-21-14(12)20)13(22)9-3-2-4-10(5-9)15(17,18)19/h2-7H,1H2,(H2,20,21). The number of aromatic nitrogens is 1. The van der Waals surface area contributed by atoms with Crippen LogP contribution in [0.15, 0.2) is 47.6 Å². The zero-order valence-corrected chi connectivity index (χ0v) is 12.7. The molecule has 0 fully saturated rings. The molecule has 0 amide bonds. The highest BCUT2D eigenvalue weighted by atomic mass is 79.9. The first-order chi connectivity index (χ1) is 10.2. The van der Waals surface area contributed by atoms with Crippen LogP contribution in [0, 0.1) is 0 Å². The van der Waals surface area contributed by atoms with E-state index in [9.17, 15) is 18.0 Å². The summed E-state index contributed by atoms with van der Waals surface area (Å²) in [4.78, 5) is 16.2. The summed E-state index contributed by atoms with van der Waals surface area (Å²) in [5, 5.41) is 0. The Morgan fingerprint density at radius 3 is 2.59 bits per heavy atom. The van der Waals surface area contributed by atoms with Crippen LogP contribution in [0.3, 0.4) is 0 Å². The molecule has 0 bridgehead atoms. The van der Waals surface area contributed by atoms with Crippen molar-refractivity contribution in [2.24, 2.45) is 0 Å². The van der Waals surface area contributed by atoms with E-state index < -0.39 is 17.5 Å². The fourth-order valence-electron chi connectivity index (χ4n) is 1.82. The Morgan fingerprint density at radius 1 is 1.27 bits per heavy atom. The molecule has 1 aromatic carbocycles. The summed E-state index contributed by atoms with van der Waals surface area (Å²) in [5.41, 5.74) is 4.92. The Kier molecular flexibility index (Phi) is 4.37. The Labute approximate surface area is 132 Å². The summed E-state index contributed by atoms with van der Waals surface area (Å²) < 4.78 is 38.7. The van der Waals surface area contributed by atoms with Gasteiger partial charge in [0.1, 0.15) is 5.82 Å². The van der Waals surface area contributed by atoms with Crippen LogP contribution in [-0.4, -0.2) is 10.8 Å². The van der Waals surface area contributed by atoms with E-state index in [1.807, 2.05) is 0 Å². The Hall–Kier alpha value is -2.15. The number of ketones is 1. The summed E-state index contributed by atoms with van der Waals surface area (Å²) in [7, 11) is 0. The molecular weight excluding hydrogens is 361 g/mol. The zero-order valence-electron chi connectivity index (χ0n) is 11.1. The van der Waals surface area contributed by atoms with Crippen LogP contribution in [0.5, 0.6) is 0 Å². The predicted molar refractivity (Wildman–Crippen MR) is 81.2 cm³/mol. The lowest BCUT2D eigenvalue weighted by atomic mass is 9.97. The molecular formula is C15H10BrF3N2O. The van der Waals surface area contributed by atoms with Crippen LogP contribution >= 0.6 is 15.9 Å². The van der Waals surface area contributed by atoms with Gasteiger partial charge in [-0.3, -0.25) is 4.79 Å². The van der Waals surface area contributed by atoms with Crippen LogP contribution in [0.2, 0.25) is 0 Å². The number of alkyl halides is 3. The molecule has 0 unspecified atom stereocenters. The molecule has 0 spiro atoms. The van der Waals surface area contributed by atoms with Crippen molar-refractivity contribution in [2.75, 3.05) is 5.73 Å². The van der Waals surface area contributed by atoms with E-state index in [0.29, 0.717) is 4.47 Å². The van der Waals surface area contributed by atoms with E-state index in [1.165, 1.54) is 24.4 Å². The molecule has 0 saturated carbocycles. The minimum Gasteiger partial charge on any atom is -0.383 e. The largest absolute Gasteiger partial charge is 0.416 e. The second-order valence-electron chi connectivity index (χ2n) is 4.47. The lowest BCUT2D eigenvalue weighted by Crippen LogP contribution is -2.09. The minimum absolute atomic E-state index is 0.0226. The van der Waals surface area contributed by atoms with Gasteiger partial charge >= 0.3 is 6.18 Å². The zero-order chi connectivity index (χ0) is 16.5. The molecule has 22 heavy (non-hydrogen) atoms. The SMILES string of the molecule is C=C(C(=O)c1cccc(C(F)(F)F)c1)c1cc(Br)cnc1N. The highest BCUT2D eigenvalue weighted by Gasteiger charge is 2.31. The van der Waals surface area contributed by atoms with E-state index in [4.69, 9.17) is 5.73 Å². The fourth-order valence-corrected chi connectivity index (χ4v) is 2.16. The maximum Gasteiger partial charge on any atom is 0.416 e. The number of hydrogen-bond donors (Lipinski definition) is 1. The lowest BCUT2D eigenvalue weighted by Gasteiger charge is -2.10. The number of carbonyl (C=O) groups excluding carboxylic acids is 1. The molecule has 2 N–H and O–H groups in total. The normalized spacial score (nSPS) is 11.3. The van der Waals surface area contributed by atoms with Crippen molar-refractivity contribution < 1.29 is 18.0 Å². The molecule has 2 rings (SSSR count). The number of rotatable bonds is 3. The summed E-state index contributed by atoms with van der Waals surface area (Å²) in [6.45, 7) is 3.62. The van der Waals surface area contributed by atoms with Crippen molar-refractivity contribution in [2.45, 2.75) is 6.18 Å².